The third-order valence-electron chi connectivity index (χ3n) is 2.49. The summed E-state index contributed by atoms with van der Waals surface area (Å²) < 4.78 is 0. The Morgan fingerprint density at radius 3 is 2.42 bits per heavy atom. The van der Waals surface area contributed by atoms with Crippen molar-refractivity contribution in [1.82, 2.24) is 0 Å². The fourth-order valence-corrected chi connectivity index (χ4v) is 2.42. The second kappa shape index (κ2) is 5.67. The molecule has 2 rings (SSSR count). The van der Waals surface area contributed by atoms with Crippen LogP contribution >= 0.6 is 11.8 Å². The van der Waals surface area contributed by atoms with E-state index in [1.54, 1.807) is 24.3 Å². The van der Waals surface area contributed by atoms with E-state index in [0.29, 0.717) is 16.1 Å². The predicted octanol–water partition coefficient (Wildman–Crippen LogP) is 2.75. The van der Waals surface area contributed by atoms with Gasteiger partial charge >= 0.3 is 5.97 Å². The molecule has 0 aliphatic rings. The van der Waals surface area contributed by atoms with Crippen molar-refractivity contribution in [3.05, 3.63) is 48.0 Å². The van der Waals surface area contributed by atoms with Gasteiger partial charge < -0.3 is 15.9 Å². The van der Waals surface area contributed by atoms with Gasteiger partial charge in [0.05, 0.1) is 11.3 Å². The molecule has 0 radical (unpaired) electrons. The van der Waals surface area contributed by atoms with Crippen molar-refractivity contribution in [3.8, 4) is 5.75 Å². The lowest BCUT2D eigenvalue weighted by molar-refractivity contribution is -0.136. The molecule has 0 amide bonds. The number of hydrogen-bond acceptors (Lipinski definition) is 4. The molecule has 2 aromatic carbocycles. The summed E-state index contributed by atoms with van der Waals surface area (Å²) in [7, 11) is 0. The second-order valence-electron chi connectivity index (χ2n) is 4.04. The van der Waals surface area contributed by atoms with Gasteiger partial charge in [0.1, 0.15) is 5.75 Å². The van der Waals surface area contributed by atoms with Gasteiger partial charge in [-0.25, -0.2) is 0 Å². The van der Waals surface area contributed by atoms with E-state index in [1.165, 1.54) is 17.8 Å². The van der Waals surface area contributed by atoms with E-state index in [2.05, 4.69) is 0 Å². The molecule has 0 atom stereocenters. The minimum Gasteiger partial charge on any atom is -0.507 e. The summed E-state index contributed by atoms with van der Waals surface area (Å²) in [5.74, 6) is -0.834. The van der Waals surface area contributed by atoms with Crippen molar-refractivity contribution in [2.24, 2.45) is 0 Å². The normalized spacial score (nSPS) is 10.3. The van der Waals surface area contributed by atoms with Gasteiger partial charge in [0.2, 0.25) is 0 Å². The highest BCUT2D eigenvalue weighted by Gasteiger charge is 2.07. The number of carboxylic acids is 1. The van der Waals surface area contributed by atoms with Gasteiger partial charge in [0.15, 0.2) is 0 Å². The third kappa shape index (κ3) is 3.66. The smallest absolute Gasteiger partial charge is 0.307 e. The van der Waals surface area contributed by atoms with E-state index in [9.17, 15) is 9.90 Å². The molecule has 5 heteroatoms. The quantitative estimate of drug-likeness (QED) is 0.747. The number of carbonyl (C=O) groups is 1. The Morgan fingerprint density at radius 1 is 1.16 bits per heavy atom. The molecule has 0 saturated heterocycles. The van der Waals surface area contributed by atoms with Gasteiger partial charge in [-0.15, -0.1) is 0 Å². The first-order valence-corrected chi connectivity index (χ1v) is 6.43. The molecular formula is C14H13NO3S. The van der Waals surface area contributed by atoms with Gasteiger partial charge in [-0.2, -0.15) is 0 Å². The molecule has 0 aromatic heterocycles. The number of phenols is 1. The van der Waals surface area contributed by atoms with Crippen LogP contribution in [0.4, 0.5) is 5.69 Å². The van der Waals surface area contributed by atoms with Gasteiger partial charge in [0.25, 0.3) is 0 Å². The third-order valence-corrected chi connectivity index (χ3v) is 3.56. The van der Waals surface area contributed by atoms with Crippen LogP contribution in [-0.4, -0.2) is 16.2 Å². The summed E-state index contributed by atoms with van der Waals surface area (Å²) >= 11 is 1.40. The zero-order valence-electron chi connectivity index (χ0n) is 10.0. The zero-order chi connectivity index (χ0) is 13.8. The Bertz CT molecular complexity index is 596. The SMILES string of the molecule is Nc1ccc(Sc2ccc(CC(=O)O)cc2O)cc1. The maximum absolute atomic E-state index is 10.6. The first kappa shape index (κ1) is 13.3. The molecule has 0 heterocycles. The molecular weight excluding hydrogens is 262 g/mol. The van der Waals surface area contributed by atoms with Crippen molar-refractivity contribution in [2.75, 3.05) is 5.73 Å². The van der Waals surface area contributed by atoms with E-state index in [-0.39, 0.29) is 12.2 Å². The van der Waals surface area contributed by atoms with Crippen molar-refractivity contribution in [3.63, 3.8) is 0 Å². The van der Waals surface area contributed by atoms with Gasteiger partial charge in [-0.3, -0.25) is 4.79 Å². The van der Waals surface area contributed by atoms with Crippen LogP contribution in [0.3, 0.4) is 0 Å². The number of aromatic hydroxyl groups is 1. The van der Waals surface area contributed by atoms with Crippen LogP contribution in [0.5, 0.6) is 5.75 Å². The van der Waals surface area contributed by atoms with Crippen LogP contribution in [0.15, 0.2) is 52.3 Å². The van der Waals surface area contributed by atoms with Crippen LogP contribution < -0.4 is 5.73 Å². The standard InChI is InChI=1S/C14H13NO3S/c15-10-2-4-11(5-3-10)19-13-6-1-9(7-12(13)16)8-14(17)18/h1-7,16H,8,15H2,(H,17,18). The minimum atomic E-state index is -0.918. The zero-order valence-corrected chi connectivity index (χ0v) is 10.9. The number of benzene rings is 2. The van der Waals surface area contributed by atoms with E-state index in [0.717, 1.165) is 4.90 Å². The molecule has 0 saturated carbocycles. The maximum atomic E-state index is 10.6. The summed E-state index contributed by atoms with van der Waals surface area (Å²) in [6.07, 6.45) is -0.0968. The largest absolute Gasteiger partial charge is 0.507 e. The van der Waals surface area contributed by atoms with E-state index in [4.69, 9.17) is 10.8 Å². The Kier molecular flexibility index (Phi) is 3.97. The topological polar surface area (TPSA) is 83.6 Å². The van der Waals surface area contributed by atoms with E-state index in [1.807, 2.05) is 12.1 Å². The van der Waals surface area contributed by atoms with Crippen molar-refractivity contribution in [1.29, 1.82) is 0 Å². The van der Waals surface area contributed by atoms with Gasteiger partial charge in [-0.1, -0.05) is 17.8 Å². The number of rotatable bonds is 4. The van der Waals surface area contributed by atoms with Crippen LogP contribution in [0.2, 0.25) is 0 Å². The molecule has 19 heavy (non-hydrogen) atoms. The lowest BCUT2D eigenvalue weighted by Gasteiger charge is -2.06. The van der Waals surface area contributed by atoms with Crippen LogP contribution in [0.25, 0.3) is 0 Å². The van der Waals surface area contributed by atoms with Crippen LogP contribution in [0, 0.1) is 0 Å². The number of aliphatic carboxylic acids is 1. The first-order valence-electron chi connectivity index (χ1n) is 5.61. The van der Waals surface area contributed by atoms with E-state index < -0.39 is 5.97 Å². The molecule has 4 nitrogen and oxygen atoms in total. The highest BCUT2D eigenvalue weighted by molar-refractivity contribution is 7.99. The van der Waals surface area contributed by atoms with Crippen LogP contribution in [0.1, 0.15) is 5.56 Å². The summed E-state index contributed by atoms with van der Waals surface area (Å²) in [5.41, 5.74) is 6.86. The maximum Gasteiger partial charge on any atom is 0.307 e. The fraction of sp³-hybridized carbons (Fsp3) is 0.0714. The molecule has 0 aliphatic heterocycles. The molecule has 0 spiro atoms. The number of carboxylic acid groups (broad SMARTS) is 1. The van der Waals surface area contributed by atoms with Crippen LogP contribution in [-0.2, 0) is 11.2 Å². The average molecular weight is 275 g/mol. The first-order chi connectivity index (χ1) is 9.04. The molecule has 0 bridgehead atoms. The Hall–Kier alpha value is -2.14. The van der Waals surface area contributed by atoms with E-state index >= 15 is 0 Å². The Labute approximate surface area is 114 Å². The number of hydrogen-bond donors (Lipinski definition) is 3. The highest BCUT2D eigenvalue weighted by atomic mass is 32.2. The fourth-order valence-electron chi connectivity index (χ4n) is 1.60. The number of nitrogens with two attached hydrogens (primary N) is 1. The van der Waals surface area contributed by atoms with Crippen molar-refractivity contribution >= 4 is 23.4 Å². The molecule has 4 N–H and O–H groups in total. The van der Waals surface area contributed by atoms with Crippen molar-refractivity contribution < 1.29 is 15.0 Å². The highest BCUT2D eigenvalue weighted by Crippen LogP contribution is 2.35. The minimum absolute atomic E-state index is 0.0839. The lowest BCUT2D eigenvalue weighted by atomic mass is 10.1. The summed E-state index contributed by atoms with van der Waals surface area (Å²) in [6, 6.07) is 12.2. The Morgan fingerprint density at radius 2 is 1.84 bits per heavy atom. The molecule has 0 unspecified atom stereocenters. The average Bonchev–Trinajstić information content (AvgIpc) is 2.34. The van der Waals surface area contributed by atoms with Gasteiger partial charge in [-0.05, 0) is 42.0 Å². The van der Waals surface area contributed by atoms with Crippen molar-refractivity contribution in [2.45, 2.75) is 16.2 Å². The predicted molar refractivity (Wildman–Crippen MR) is 74.4 cm³/mol. The number of nitrogen functional groups attached to an aromatic ring is 1. The summed E-state index contributed by atoms with van der Waals surface area (Å²) in [4.78, 5) is 12.2. The molecule has 0 aliphatic carbocycles. The monoisotopic (exact) mass is 275 g/mol. The molecule has 0 fully saturated rings. The number of phenolic OH excluding ortho intramolecular Hbond substituents is 1. The lowest BCUT2D eigenvalue weighted by Crippen LogP contribution is -1.99. The molecule has 98 valence electrons. The summed E-state index contributed by atoms with van der Waals surface area (Å²) in [6.45, 7) is 0. The summed E-state index contributed by atoms with van der Waals surface area (Å²) in [5, 5.41) is 18.6. The molecule has 2 aromatic rings. The number of anilines is 1. The van der Waals surface area contributed by atoms with Gasteiger partial charge in [0, 0.05) is 10.6 Å². The second-order valence-corrected chi connectivity index (χ2v) is 5.16. The Balaban J connectivity index is 2.17.